The normalized spacial score (nSPS) is 12.5. The number of methoxy groups -OCH3 is 1. The molecule has 0 spiro atoms. The van der Waals surface area contributed by atoms with Crippen LogP contribution in [0.3, 0.4) is 0 Å². The monoisotopic (exact) mass is 276 g/mol. The summed E-state index contributed by atoms with van der Waals surface area (Å²) >= 11 is 0. The zero-order valence-corrected chi connectivity index (χ0v) is 11.2. The molecular weight excluding hydrogens is 263 g/mol. The van der Waals surface area contributed by atoms with Gasteiger partial charge in [0.15, 0.2) is 0 Å². The Balaban J connectivity index is 2.19. The van der Waals surface area contributed by atoms with Gasteiger partial charge in [0, 0.05) is 11.1 Å². The largest absolute Gasteiger partial charge is 0.497 e. The molecule has 0 aliphatic heterocycles. The number of hydrogen-bond acceptors (Lipinski definition) is 3. The maximum atomic E-state index is 13.4. The molecule has 0 aliphatic rings. The molecule has 1 unspecified atom stereocenters. The van der Waals surface area contributed by atoms with Gasteiger partial charge in [0.05, 0.1) is 12.8 Å². The predicted octanol–water partition coefficient (Wildman–Crippen LogP) is 3.64. The number of ether oxygens (including phenoxy) is 1. The fraction of sp³-hybridized carbons (Fsp3) is 0.0714. The average Bonchev–Trinajstić information content (AvgIpc) is 2.46. The van der Waals surface area contributed by atoms with Crippen LogP contribution < -0.4 is 4.74 Å². The van der Waals surface area contributed by atoms with Gasteiger partial charge in [-0.05, 0) is 52.5 Å². The molecule has 1 aromatic heterocycles. The van der Waals surface area contributed by atoms with Crippen LogP contribution in [0.25, 0.3) is 6.08 Å². The van der Waals surface area contributed by atoms with Crippen molar-refractivity contribution in [3.8, 4) is 5.75 Å². The van der Waals surface area contributed by atoms with Gasteiger partial charge in [-0.3, -0.25) is 9.76 Å². The number of benzene rings is 1. The van der Waals surface area contributed by atoms with Crippen molar-refractivity contribution in [2.45, 2.75) is 4.90 Å². The van der Waals surface area contributed by atoms with E-state index in [9.17, 15) is 4.39 Å². The topological polar surface area (TPSA) is 46.0 Å². The third kappa shape index (κ3) is 3.48. The Hall–Kier alpha value is -2.01. The fourth-order valence-corrected chi connectivity index (χ4v) is 2.36. The summed E-state index contributed by atoms with van der Waals surface area (Å²) in [4.78, 5) is 4.72. The molecule has 2 rings (SSSR count). The summed E-state index contributed by atoms with van der Waals surface area (Å²) in [5.41, 5.74) is 0.246. The van der Waals surface area contributed by atoms with Gasteiger partial charge in [-0.25, -0.2) is 4.39 Å². The number of hydrogen-bond donors (Lipinski definition) is 1. The van der Waals surface area contributed by atoms with E-state index < -0.39 is 10.7 Å². The van der Waals surface area contributed by atoms with Gasteiger partial charge in [-0.1, -0.05) is 6.07 Å². The van der Waals surface area contributed by atoms with E-state index in [1.807, 2.05) is 18.2 Å². The lowest BCUT2D eigenvalue weighted by Crippen LogP contribution is -1.89. The van der Waals surface area contributed by atoms with Crippen LogP contribution in [0.2, 0.25) is 0 Å². The summed E-state index contributed by atoms with van der Waals surface area (Å²) in [6.45, 7) is 0. The first-order valence-electron chi connectivity index (χ1n) is 5.58. The lowest BCUT2D eigenvalue weighted by molar-refractivity contribution is 0.413. The van der Waals surface area contributed by atoms with E-state index in [1.54, 1.807) is 18.6 Å². The molecule has 98 valence electrons. The van der Waals surface area contributed by atoms with Crippen LogP contribution in [0, 0.1) is 10.6 Å². The van der Waals surface area contributed by atoms with Gasteiger partial charge in [0.1, 0.15) is 11.6 Å². The molecule has 0 saturated carbocycles. The molecule has 0 aliphatic carbocycles. The highest BCUT2D eigenvalue weighted by molar-refractivity contribution is 7.89. The summed E-state index contributed by atoms with van der Waals surface area (Å²) in [6, 6.07) is 10.2. The molecule has 0 saturated heterocycles. The Bertz CT molecular complexity index is 628. The molecule has 1 N–H and O–H groups in total. The Labute approximate surface area is 113 Å². The first kappa shape index (κ1) is 13.4. The summed E-state index contributed by atoms with van der Waals surface area (Å²) in [5.74, 6) is 0.320. The van der Waals surface area contributed by atoms with Crippen molar-refractivity contribution in [2.24, 2.45) is 0 Å². The second-order valence-corrected chi connectivity index (χ2v) is 5.11. The molecular formula is C14H13FN2OS. The fourth-order valence-electron chi connectivity index (χ4n) is 1.47. The van der Waals surface area contributed by atoms with Crippen LogP contribution in [-0.2, 0) is 10.7 Å². The highest BCUT2D eigenvalue weighted by Crippen LogP contribution is 2.17. The molecule has 0 radical (unpaired) electrons. The SMILES string of the molecule is COc1cccc(S(=N)/C=C/c2ncccc2F)c1. The minimum absolute atomic E-state index is 0.246. The van der Waals surface area contributed by atoms with E-state index in [0.29, 0.717) is 5.75 Å². The van der Waals surface area contributed by atoms with Gasteiger partial charge >= 0.3 is 0 Å². The van der Waals surface area contributed by atoms with E-state index in [0.717, 1.165) is 4.90 Å². The molecule has 3 nitrogen and oxygen atoms in total. The smallest absolute Gasteiger partial charge is 0.148 e. The van der Waals surface area contributed by atoms with E-state index in [4.69, 9.17) is 9.52 Å². The van der Waals surface area contributed by atoms with Crippen LogP contribution in [0.4, 0.5) is 4.39 Å². The molecule has 5 heteroatoms. The van der Waals surface area contributed by atoms with Crippen molar-refractivity contribution in [1.29, 1.82) is 4.78 Å². The standard InChI is InChI=1S/C14H13FN2OS/c1-18-11-4-2-5-12(10-11)19(16)9-7-14-13(15)6-3-8-17-14/h2-10,16H,1H3/b9-7+. The van der Waals surface area contributed by atoms with Gasteiger partial charge in [-0.2, -0.15) is 0 Å². The van der Waals surface area contributed by atoms with Crippen LogP contribution in [0.5, 0.6) is 5.75 Å². The van der Waals surface area contributed by atoms with Crippen LogP contribution in [-0.4, -0.2) is 12.1 Å². The third-order valence-corrected chi connectivity index (χ3v) is 3.61. The lowest BCUT2D eigenvalue weighted by atomic mass is 10.3. The molecule has 0 amide bonds. The molecule has 1 heterocycles. The van der Waals surface area contributed by atoms with Gasteiger partial charge in [-0.15, -0.1) is 0 Å². The molecule has 0 bridgehead atoms. The molecule has 0 fully saturated rings. The third-order valence-electron chi connectivity index (χ3n) is 2.44. The van der Waals surface area contributed by atoms with E-state index in [-0.39, 0.29) is 11.5 Å². The van der Waals surface area contributed by atoms with E-state index >= 15 is 0 Å². The summed E-state index contributed by atoms with van der Waals surface area (Å²) < 4.78 is 26.5. The molecule has 1 aromatic carbocycles. The minimum Gasteiger partial charge on any atom is -0.497 e. The van der Waals surface area contributed by atoms with E-state index in [1.165, 1.54) is 24.4 Å². The quantitative estimate of drug-likeness (QED) is 0.926. The number of nitrogens with one attached hydrogen (secondary N) is 1. The van der Waals surface area contributed by atoms with Gasteiger partial charge in [0.25, 0.3) is 0 Å². The highest BCUT2D eigenvalue weighted by atomic mass is 32.2. The number of rotatable bonds is 4. The average molecular weight is 276 g/mol. The Morgan fingerprint density at radius 3 is 2.89 bits per heavy atom. The van der Waals surface area contributed by atoms with Crippen LogP contribution in [0.1, 0.15) is 5.69 Å². The van der Waals surface area contributed by atoms with Crippen molar-refractivity contribution >= 4 is 16.8 Å². The zero-order valence-electron chi connectivity index (χ0n) is 10.3. The number of aromatic nitrogens is 1. The van der Waals surface area contributed by atoms with Gasteiger partial charge < -0.3 is 4.74 Å². The highest BCUT2D eigenvalue weighted by Gasteiger charge is 2.00. The number of halogens is 1. The Morgan fingerprint density at radius 1 is 1.32 bits per heavy atom. The van der Waals surface area contributed by atoms with Crippen molar-refractivity contribution < 1.29 is 9.13 Å². The van der Waals surface area contributed by atoms with Crippen LogP contribution in [0.15, 0.2) is 52.9 Å². The number of pyridine rings is 1. The number of nitrogens with zero attached hydrogens (tertiary/aromatic N) is 1. The maximum absolute atomic E-state index is 13.4. The summed E-state index contributed by atoms with van der Waals surface area (Å²) in [7, 11) is 0.712. The Morgan fingerprint density at radius 2 is 2.16 bits per heavy atom. The van der Waals surface area contributed by atoms with E-state index in [2.05, 4.69) is 4.98 Å². The van der Waals surface area contributed by atoms with Crippen molar-refractivity contribution in [2.75, 3.05) is 7.11 Å². The van der Waals surface area contributed by atoms with Crippen molar-refractivity contribution in [3.05, 3.63) is 59.5 Å². The second kappa shape index (κ2) is 6.24. The van der Waals surface area contributed by atoms with Crippen LogP contribution >= 0.6 is 0 Å². The predicted molar refractivity (Wildman–Crippen MR) is 74.6 cm³/mol. The second-order valence-electron chi connectivity index (χ2n) is 3.69. The molecule has 1 atom stereocenters. The van der Waals surface area contributed by atoms with Crippen molar-refractivity contribution in [3.63, 3.8) is 0 Å². The Kier molecular flexibility index (Phi) is 4.41. The first-order chi connectivity index (χ1) is 9.20. The summed E-state index contributed by atoms with van der Waals surface area (Å²) in [5, 5.41) is 1.63. The molecule has 19 heavy (non-hydrogen) atoms. The first-order valence-corrected chi connectivity index (χ1v) is 6.86. The zero-order chi connectivity index (χ0) is 13.7. The van der Waals surface area contributed by atoms with Crippen molar-refractivity contribution in [1.82, 2.24) is 4.98 Å². The molecule has 2 aromatic rings. The maximum Gasteiger partial charge on any atom is 0.148 e. The van der Waals surface area contributed by atoms with Gasteiger partial charge in [0.2, 0.25) is 0 Å². The minimum atomic E-state index is -0.871. The summed E-state index contributed by atoms with van der Waals surface area (Å²) in [6.07, 6.45) is 3.06. The lowest BCUT2D eigenvalue weighted by Gasteiger charge is -2.03.